The molecule has 0 fully saturated rings. The summed E-state index contributed by atoms with van der Waals surface area (Å²) in [5.41, 5.74) is 3.45. The second-order valence-electron chi connectivity index (χ2n) is 4.34. The zero-order valence-electron chi connectivity index (χ0n) is 10.4. The molecule has 4 heteroatoms. The van der Waals surface area contributed by atoms with E-state index in [0.29, 0.717) is 5.69 Å². The van der Waals surface area contributed by atoms with Gasteiger partial charge in [0, 0.05) is 17.1 Å². The molecule has 2 N–H and O–H groups in total. The van der Waals surface area contributed by atoms with E-state index in [9.17, 15) is 9.18 Å². The number of carbonyl (C=O) groups is 1. The topological polar surface area (TPSA) is 44.9 Å². The van der Waals surface area contributed by atoms with Gasteiger partial charge in [0.15, 0.2) is 0 Å². The summed E-state index contributed by atoms with van der Waals surface area (Å²) in [6.45, 7) is 3.87. The highest BCUT2D eigenvalue weighted by atomic mass is 19.1. The molecule has 0 saturated heterocycles. The summed E-state index contributed by atoms with van der Waals surface area (Å²) in [6, 6.07) is 7.82. The highest BCUT2D eigenvalue weighted by Crippen LogP contribution is 2.13. The number of rotatable bonds is 3. The van der Waals surface area contributed by atoms with Gasteiger partial charge in [-0.05, 0) is 43.7 Å². The lowest BCUT2D eigenvalue weighted by atomic mass is 10.1. The van der Waals surface area contributed by atoms with E-state index in [4.69, 9.17) is 0 Å². The molecule has 18 heavy (non-hydrogen) atoms. The quantitative estimate of drug-likeness (QED) is 0.859. The predicted molar refractivity (Wildman–Crippen MR) is 69.0 cm³/mol. The minimum Gasteiger partial charge on any atom is -0.362 e. The largest absolute Gasteiger partial charge is 0.362 e. The number of nitrogens with one attached hydrogen (secondary N) is 2. The third-order valence-electron chi connectivity index (χ3n) is 2.72. The minimum atomic E-state index is -0.360. The van der Waals surface area contributed by atoms with Crippen LogP contribution in [-0.2, 0) is 11.2 Å². The molecular weight excluding hydrogens is 231 g/mol. The number of amides is 1. The molecule has 1 amide bonds. The summed E-state index contributed by atoms with van der Waals surface area (Å²) in [6.07, 6.45) is 0.284. The highest BCUT2D eigenvalue weighted by molar-refractivity contribution is 5.92. The maximum atomic E-state index is 13.0. The molecule has 3 nitrogen and oxygen atoms in total. The van der Waals surface area contributed by atoms with Gasteiger partial charge in [0.05, 0.1) is 6.42 Å². The summed E-state index contributed by atoms with van der Waals surface area (Å²) in [7, 11) is 0. The first-order valence-corrected chi connectivity index (χ1v) is 5.75. The lowest BCUT2D eigenvalue weighted by molar-refractivity contribution is -0.115. The zero-order valence-corrected chi connectivity index (χ0v) is 10.4. The van der Waals surface area contributed by atoms with Crippen LogP contribution in [-0.4, -0.2) is 10.9 Å². The van der Waals surface area contributed by atoms with E-state index in [1.165, 1.54) is 12.1 Å². The summed E-state index contributed by atoms with van der Waals surface area (Å²) in [4.78, 5) is 15.0. The van der Waals surface area contributed by atoms with E-state index >= 15 is 0 Å². The summed E-state index contributed by atoms with van der Waals surface area (Å²) in [5.74, 6) is -0.510. The molecular formula is C14H15FN2O. The Bertz CT molecular complexity index is 575. The average Bonchev–Trinajstić information content (AvgIpc) is 2.57. The van der Waals surface area contributed by atoms with Gasteiger partial charge in [0.25, 0.3) is 0 Å². The van der Waals surface area contributed by atoms with Crippen LogP contribution in [0, 0.1) is 19.7 Å². The maximum Gasteiger partial charge on any atom is 0.228 e. The number of aromatic amines is 1. The minimum absolute atomic E-state index is 0.150. The van der Waals surface area contributed by atoms with Gasteiger partial charge in [-0.25, -0.2) is 4.39 Å². The van der Waals surface area contributed by atoms with Crippen molar-refractivity contribution in [2.45, 2.75) is 20.3 Å². The van der Waals surface area contributed by atoms with Crippen LogP contribution in [0.1, 0.15) is 17.0 Å². The number of anilines is 1. The number of hydrogen-bond donors (Lipinski definition) is 2. The Hall–Kier alpha value is -2.10. The normalized spacial score (nSPS) is 10.4. The fourth-order valence-electron chi connectivity index (χ4n) is 1.91. The van der Waals surface area contributed by atoms with Crippen LogP contribution in [0.4, 0.5) is 10.1 Å². The summed E-state index contributed by atoms with van der Waals surface area (Å²) < 4.78 is 13.0. The molecule has 1 aromatic heterocycles. The van der Waals surface area contributed by atoms with Crippen LogP contribution in [0.25, 0.3) is 0 Å². The second kappa shape index (κ2) is 5.04. The molecule has 0 spiro atoms. The number of carbonyl (C=O) groups excluding carboxylic acids is 1. The van der Waals surface area contributed by atoms with Gasteiger partial charge in [-0.1, -0.05) is 6.07 Å². The average molecular weight is 246 g/mol. The molecule has 0 aliphatic rings. The molecule has 94 valence electrons. The van der Waals surface area contributed by atoms with E-state index in [2.05, 4.69) is 10.3 Å². The number of aromatic nitrogens is 1. The molecule has 0 atom stereocenters. The van der Waals surface area contributed by atoms with E-state index in [1.54, 1.807) is 12.1 Å². The molecule has 1 heterocycles. The van der Waals surface area contributed by atoms with Crippen molar-refractivity contribution in [3.8, 4) is 0 Å². The van der Waals surface area contributed by atoms with Crippen molar-refractivity contribution in [1.82, 2.24) is 4.98 Å². The number of H-pyrrole nitrogens is 1. The van der Waals surface area contributed by atoms with Crippen molar-refractivity contribution in [1.29, 1.82) is 0 Å². The fourth-order valence-corrected chi connectivity index (χ4v) is 1.91. The standard InChI is InChI=1S/C14H15FN2O/c1-9-6-11(10(2)16-9)7-14(18)17-13-5-3-4-12(15)8-13/h3-6,8,16H,7H2,1-2H3,(H,17,18). The first kappa shape index (κ1) is 12.4. The van der Waals surface area contributed by atoms with Crippen molar-refractivity contribution in [3.63, 3.8) is 0 Å². The summed E-state index contributed by atoms with van der Waals surface area (Å²) >= 11 is 0. The van der Waals surface area contributed by atoms with Gasteiger partial charge in [0.1, 0.15) is 5.82 Å². The SMILES string of the molecule is Cc1cc(CC(=O)Nc2cccc(F)c2)c(C)[nH]1. The van der Waals surface area contributed by atoms with E-state index < -0.39 is 0 Å². The zero-order chi connectivity index (χ0) is 13.1. The molecule has 1 aromatic carbocycles. The fraction of sp³-hybridized carbons (Fsp3) is 0.214. The number of benzene rings is 1. The third kappa shape index (κ3) is 2.97. The van der Waals surface area contributed by atoms with Gasteiger partial charge in [-0.15, -0.1) is 0 Å². The van der Waals surface area contributed by atoms with Gasteiger partial charge in [0.2, 0.25) is 5.91 Å². The van der Waals surface area contributed by atoms with Crippen LogP contribution in [0.5, 0.6) is 0 Å². The number of halogens is 1. The van der Waals surface area contributed by atoms with Crippen molar-refractivity contribution in [2.24, 2.45) is 0 Å². The van der Waals surface area contributed by atoms with Crippen LogP contribution >= 0.6 is 0 Å². The highest BCUT2D eigenvalue weighted by Gasteiger charge is 2.08. The van der Waals surface area contributed by atoms with Crippen LogP contribution < -0.4 is 5.32 Å². The lowest BCUT2D eigenvalue weighted by Gasteiger charge is -2.04. The maximum absolute atomic E-state index is 13.0. The monoisotopic (exact) mass is 246 g/mol. The van der Waals surface area contributed by atoms with Gasteiger partial charge >= 0.3 is 0 Å². The van der Waals surface area contributed by atoms with Gasteiger partial charge < -0.3 is 10.3 Å². The smallest absolute Gasteiger partial charge is 0.228 e. The Balaban J connectivity index is 2.03. The van der Waals surface area contributed by atoms with Crippen molar-refractivity contribution < 1.29 is 9.18 Å². The Morgan fingerprint density at radius 2 is 2.11 bits per heavy atom. The molecule has 0 aliphatic carbocycles. The second-order valence-corrected chi connectivity index (χ2v) is 4.34. The van der Waals surface area contributed by atoms with Crippen molar-refractivity contribution in [3.05, 3.63) is 53.1 Å². The molecule has 0 radical (unpaired) electrons. The Kier molecular flexibility index (Phi) is 3.46. The first-order valence-electron chi connectivity index (χ1n) is 5.75. The van der Waals surface area contributed by atoms with Gasteiger partial charge in [-0.2, -0.15) is 0 Å². The molecule has 2 rings (SSSR count). The van der Waals surface area contributed by atoms with E-state index in [1.807, 2.05) is 19.9 Å². The third-order valence-corrected chi connectivity index (χ3v) is 2.72. The van der Waals surface area contributed by atoms with Crippen molar-refractivity contribution >= 4 is 11.6 Å². The Morgan fingerprint density at radius 3 is 2.72 bits per heavy atom. The Morgan fingerprint density at radius 1 is 1.33 bits per heavy atom. The molecule has 0 saturated carbocycles. The molecule has 0 unspecified atom stereocenters. The number of hydrogen-bond acceptors (Lipinski definition) is 1. The van der Waals surface area contributed by atoms with E-state index in [0.717, 1.165) is 17.0 Å². The number of aryl methyl sites for hydroxylation is 2. The Labute approximate surface area is 105 Å². The summed E-state index contributed by atoms with van der Waals surface area (Å²) in [5, 5.41) is 2.67. The molecule has 0 aliphatic heterocycles. The molecule has 0 bridgehead atoms. The van der Waals surface area contributed by atoms with Crippen LogP contribution in [0.2, 0.25) is 0 Å². The first-order chi connectivity index (χ1) is 8.54. The van der Waals surface area contributed by atoms with E-state index in [-0.39, 0.29) is 18.1 Å². The molecule has 2 aromatic rings. The van der Waals surface area contributed by atoms with Crippen LogP contribution in [0.15, 0.2) is 30.3 Å². The van der Waals surface area contributed by atoms with Crippen molar-refractivity contribution in [2.75, 3.05) is 5.32 Å². The predicted octanol–water partition coefficient (Wildman–Crippen LogP) is 2.95. The van der Waals surface area contributed by atoms with Crippen LogP contribution in [0.3, 0.4) is 0 Å². The van der Waals surface area contributed by atoms with Gasteiger partial charge in [-0.3, -0.25) is 4.79 Å². The lowest BCUT2D eigenvalue weighted by Crippen LogP contribution is -2.14.